The van der Waals surface area contributed by atoms with E-state index in [4.69, 9.17) is 11.6 Å². The lowest BCUT2D eigenvalue weighted by molar-refractivity contribution is 0.381. The topological polar surface area (TPSA) is 12.0 Å². The lowest BCUT2D eigenvalue weighted by Gasteiger charge is -2.11. The number of anilines is 1. The van der Waals surface area contributed by atoms with Crippen molar-refractivity contribution in [2.75, 3.05) is 5.32 Å². The Morgan fingerprint density at radius 2 is 1.40 bits per heavy atom. The van der Waals surface area contributed by atoms with E-state index in [1.54, 1.807) is 18.2 Å². The van der Waals surface area contributed by atoms with Crippen molar-refractivity contribution in [3.8, 4) is 0 Å². The van der Waals surface area contributed by atoms with E-state index in [0.717, 1.165) is 0 Å². The number of benzene rings is 2. The summed E-state index contributed by atoms with van der Waals surface area (Å²) in [6.45, 7) is -0.140. The second kappa shape index (κ2) is 5.66. The molecule has 0 saturated carbocycles. The highest BCUT2D eigenvalue weighted by Crippen LogP contribution is 2.27. The first-order valence-corrected chi connectivity index (χ1v) is 5.79. The van der Waals surface area contributed by atoms with E-state index < -0.39 is 34.8 Å². The van der Waals surface area contributed by atoms with Crippen LogP contribution in [-0.2, 0) is 6.54 Å². The van der Waals surface area contributed by atoms with Gasteiger partial charge in [0.1, 0.15) is 5.69 Å². The predicted molar refractivity (Wildman–Crippen MR) is 65.0 cm³/mol. The van der Waals surface area contributed by atoms with Gasteiger partial charge in [-0.25, -0.2) is 22.0 Å². The highest BCUT2D eigenvalue weighted by atomic mass is 35.5. The van der Waals surface area contributed by atoms with E-state index in [1.165, 1.54) is 6.07 Å². The molecule has 0 spiro atoms. The van der Waals surface area contributed by atoms with Crippen molar-refractivity contribution in [1.82, 2.24) is 0 Å². The van der Waals surface area contributed by atoms with E-state index in [1.807, 2.05) is 0 Å². The van der Waals surface area contributed by atoms with Crippen molar-refractivity contribution < 1.29 is 22.0 Å². The van der Waals surface area contributed by atoms with Crippen molar-refractivity contribution in [3.05, 3.63) is 63.9 Å². The van der Waals surface area contributed by atoms with Crippen molar-refractivity contribution in [3.63, 3.8) is 0 Å². The number of rotatable bonds is 3. The van der Waals surface area contributed by atoms with Crippen molar-refractivity contribution >= 4 is 17.3 Å². The third kappa shape index (κ3) is 2.70. The summed E-state index contributed by atoms with van der Waals surface area (Å²) < 4.78 is 65.5. The van der Waals surface area contributed by atoms with E-state index >= 15 is 0 Å². The van der Waals surface area contributed by atoms with Crippen molar-refractivity contribution in [2.45, 2.75) is 6.54 Å². The summed E-state index contributed by atoms with van der Waals surface area (Å²) in [7, 11) is 0. The van der Waals surface area contributed by atoms with Gasteiger partial charge in [-0.3, -0.25) is 0 Å². The van der Waals surface area contributed by atoms with Gasteiger partial charge >= 0.3 is 0 Å². The molecule has 0 atom stereocenters. The quantitative estimate of drug-likeness (QED) is 0.494. The molecular weight excluding hydrogens is 301 g/mol. The molecular formula is C13H7ClF5N. The Balaban J connectivity index is 2.30. The van der Waals surface area contributed by atoms with E-state index in [9.17, 15) is 22.0 Å². The summed E-state index contributed by atoms with van der Waals surface area (Å²) in [6, 6.07) is 6.27. The summed E-state index contributed by atoms with van der Waals surface area (Å²) in [6.07, 6.45) is 0. The minimum absolute atomic E-state index is 0.140. The summed E-state index contributed by atoms with van der Waals surface area (Å²) in [5.41, 5.74) is -0.539. The zero-order chi connectivity index (χ0) is 14.9. The Kier molecular flexibility index (Phi) is 4.13. The molecule has 7 heteroatoms. The van der Waals surface area contributed by atoms with Crippen molar-refractivity contribution in [1.29, 1.82) is 0 Å². The third-order valence-corrected chi connectivity index (χ3v) is 2.80. The number of nitrogens with one attached hydrogen (secondary N) is 1. The molecule has 1 N–H and O–H groups in total. The maximum Gasteiger partial charge on any atom is 0.200 e. The first kappa shape index (κ1) is 14.6. The summed E-state index contributed by atoms with van der Waals surface area (Å²) in [5, 5.41) is 2.57. The summed E-state index contributed by atoms with van der Waals surface area (Å²) >= 11 is 5.71. The minimum Gasteiger partial charge on any atom is -0.376 e. The zero-order valence-electron chi connectivity index (χ0n) is 9.78. The molecule has 0 amide bonds. The number of hydrogen-bond donors (Lipinski definition) is 1. The third-order valence-electron chi connectivity index (χ3n) is 2.57. The van der Waals surface area contributed by atoms with Crippen LogP contribution >= 0.6 is 11.6 Å². The molecule has 0 aliphatic heterocycles. The largest absolute Gasteiger partial charge is 0.376 e. The molecule has 2 aromatic rings. The van der Waals surface area contributed by atoms with Gasteiger partial charge in [0, 0.05) is 11.6 Å². The standard InChI is InChI=1S/C13H7ClF5N/c14-7-3-1-2-6(4-7)5-20-13-11(18)9(16)8(15)10(17)12(13)19/h1-4,20H,5H2. The van der Waals surface area contributed by atoms with Gasteiger partial charge in [-0.05, 0) is 17.7 Å². The fourth-order valence-corrected chi connectivity index (χ4v) is 1.81. The Bertz CT molecular complexity index is 630. The highest BCUT2D eigenvalue weighted by Gasteiger charge is 2.25. The Hall–Kier alpha value is -1.82. The molecule has 0 aliphatic carbocycles. The van der Waals surface area contributed by atoms with Crippen LogP contribution < -0.4 is 5.32 Å². The SMILES string of the molecule is Fc1c(F)c(F)c(NCc2cccc(Cl)c2)c(F)c1F. The first-order valence-electron chi connectivity index (χ1n) is 5.41. The van der Waals surface area contributed by atoms with Gasteiger partial charge < -0.3 is 5.32 Å². The molecule has 2 aromatic carbocycles. The van der Waals surface area contributed by atoms with Crippen LogP contribution in [0.15, 0.2) is 24.3 Å². The van der Waals surface area contributed by atoms with Crippen LogP contribution in [0.25, 0.3) is 0 Å². The monoisotopic (exact) mass is 307 g/mol. The van der Waals surface area contributed by atoms with Gasteiger partial charge in [0.15, 0.2) is 23.3 Å². The van der Waals surface area contributed by atoms with Gasteiger partial charge in [-0.1, -0.05) is 23.7 Å². The van der Waals surface area contributed by atoms with E-state index in [0.29, 0.717) is 10.6 Å². The van der Waals surface area contributed by atoms with Gasteiger partial charge in [0.25, 0.3) is 0 Å². The van der Waals surface area contributed by atoms with Gasteiger partial charge in [0.05, 0.1) is 0 Å². The predicted octanol–water partition coefficient (Wildman–Crippen LogP) is 4.65. The van der Waals surface area contributed by atoms with Crippen LogP contribution in [0, 0.1) is 29.1 Å². The van der Waals surface area contributed by atoms with Gasteiger partial charge in [-0.2, -0.15) is 0 Å². The smallest absolute Gasteiger partial charge is 0.200 e. The molecule has 0 heterocycles. The maximum absolute atomic E-state index is 13.4. The summed E-state index contributed by atoms with van der Waals surface area (Å²) in [4.78, 5) is 0. The molecule has 0 radical (unpaired) electrons. The van der Waals surface area contributed by atoms with Crippen LogP contribution in [0.3, 0.4) is 0 Å². The Morgan fingerprint density at radius 1 is 0.850 bits per heavy atom. The van der Waals surface area contributed by atoms with Crippen LogP contribution in [-0.4, -0.2) is 0 Å². The molecule has 1 nitrogen and oxygen atoms in total. The average molecular weight is 308 g/mol. The molecule has 106 valence electrons. The molecule has 0 saturated heterocycles. The molecule has 20 heavy (non-hydrogen) atoms. The molecule has 0 fully saturated rings. The van der Waals surface area contributed by atoms with Crippen LogP contribution in [0.5, 0.6) is 0 Å². The lowest BCUT2D eigenvalue weighted by atomic mass is 10.2. The highest BCUT2D eigenvalue weighted by molar-refractivity contribution is 6.30. The molecule has 0 unspecified atom stereocenters. The summed E-state index contributed by atoms with van der Waals surface area (Å²) in [5.74, 6) is -9.96. The number of hydrogen-bond acceptors (Lipinski definition) is 1. The lowest BCUT2D eigenvalue weighted by Crippen LogP contribution is -2.09. The molecule has 0 aromatic heterocycles. The molecule has 2 rings (SSSR count). The van der Waals surface area contributed by atoms with E-state index in [-0.39, 0.29) is 6.54 Å². The Morgan fingerprint density at radius 3 is 1.95 bits per heavy atom. The second-order valence-electron chi connectivity index (χ2n) is 3.93. The normalized spacial score (nSPS) is 10.7. The van der Waals surface area contributed by atoms with Crippen LogP contribution in [0.4, 0.5) is 27.6 Å². The fourth-order valence-electron chi connectivity index (χ4n) is 1.60. The van der Waals surface area contributed by atoms with Gasteiger partial charge in [0.2, 0.25) is 5.82 Å². The zero-order valence-corrected chi connectivity index (χ0v) is 10.5. The van der Waals surface area contributed by atoms with Crippen molar-refractivity contribution in [2.24, 2.45) is 0 Å². The first-order chi connectivity index (χ1) is 9.41. The second-order valence-corrected chi connectivity index (χ2v) is 4.36. The maximum atomic E-state index is 13.4. The van der Waals surface area contributed by atoms with Gasteiger partial charge in [-0.15, -0.1) is 0 Å². The van der Waals surface area contributed by atoms with Crippen LogP contribution in [0.2, 0.25) is 5.02 Å². The van der Waals surface area contributed by atoms with E-state index in [2.05, 4.69) is 5.32 Å². The fraction of sp³-hybridized carbons (Fsp3) is 0.0769. The van der Waals surface area contributed by atoms with Crippen LogP contribution in [0.1, 0.15) is 5.56 Å². The minimum atomic E-state index is -2.19. The Labute approximate surface area is 116 Å². The molecule has 0 bridgehead atoms. The average Bonchev–Trinajstić information content (AvgIpc) is 2.43. The molecule has 0 aliphatic rings. The number of halogens is 6.